The van der Waals surface area contributed by atoms with Gasteiger partial charge in [-0.25, -0.2) is 0 Å². The maximum Gasteiger partial charge on any atom is 0.279 e. The van der Waals surface area contributed by atoms with Gasteiger partial charge in [-0.1, -0.05) is 54.1 Å². The number of amides is 2. The van der Waals surface area contributed by atoms with E-state index in [0.717, 1.165) is 16.3 Å². The van der Waals surface area contributed by atoms with Crippen molar-refractivity contribution in [1.82, 2.24) is 10.9 Å². The van der Waals surface area contributed by atoms with E-state index in [1.165, 1.54) is 6.08 Å². The Morgan fingerprint density at radius 1 is 0.964 bits per heavy atom. The molecule has 0 aliphatic rings. The van der Waals surface area contributed by atoms with Gasteiger partial charge in [-0.15, -0.1) is 0 Å². The first-order chi connectivity index (χ1) is 13.5. The molecule has 2 N–H and O–H groups in total. The van der Waals surface area contributed by atoms with E-state index in [9.17, 15) is 9.59 Å². The summed E-state index contributed by atoms with van der Waals surface area (Å²) in [6.45, 7) is 1.61. The van der Waals surface area contributed by atoms with Gasteiger partial charge < -0.3 is 4.74 Å². The first-order valence-electron chi connectivity index (χ1n) is 8.70. The number of rotatable bonds is 5. The Kier molecular flexibility index (Phi) is 6.29. The number of ether oxygens (including phenoxy) is 1. The van der Waals surface area contributed by atoms with Gasteiger partial charge in [0.15, 0.2) is 6.10 Å². The van der Waals surface area contributed by atoms with Gasteiger partial charge in [-0.2, -0.15) is 0 Å². The molecule has 0 heterocycles. The van der Waals surface area contributed by atoms with E-state index in [2.05, 4.69) is 10.9 Å². The van der Waals surface area contributed by atoms with E-state index in [-0.39, 0.29) is 0 Å². The van der Waals surface area contributed by atoms with Crippen LogP contribution in [0.5, 0.6) is 5.75 Å². The SMILES string of the molecule is CC(Oc1ccc2ccccc2c1)C(=O)NNC(=O)/C=C/c1ccc(Cl)cc1. The molecule has 0 aliphatic heterocycles. The van der Waals surface area contributed by atoms with E-state index < -0.39 is 17.9 Å². The van der Waals surface area contributed by atoms with E-state index >= 15 is 0 Å². The van der Waals surface area contributed by atoms with Crippen molar-refractivity contribution >= 4 is 40.3 Å². The third-order valence-electron chi connectivity index (χ3n) is 4.01. The lowest BCUT2D eigenvalue weighted by molar-refractivity contribution is -0.131. The molecule has 5 nitrogen and oxygen atoms in total. The van der Waals surface area contributed by atoms with Gasteiger partial charge in [0.05, 0.1) is 0 Å². The van der Waals surface area contributed by atoms with Crippen molar-refractivity contribution in [2.24, 2.45) is 0 Å². The number of halogens is 1. The van der Waals surface area contributed by atoms with Crippen molar-refractivity contribution in [3.8, 4) is 5.75 Å². The fourth-order valence-electron chi connectivity index (χ4n) is 2.51. The summed E-state index contributed by atoms with van der Waals surface area (Å²) >= 11 is 5.81. The van der Waals surface area contributed by atoms with Crippen LogP contribution in [0, 0.1) is 0 Å². The van der Waals surface area contributed by atoms with Gasteiger partial charge in [0.2, 0.25) is 0 Å². The van der Waals surface area contributed by atoms with E-state index in [1.807, 2.05) is 36.4 Å². The number of hydrogen-bond donors (Lipinski definition) is 2. The molecule has 0 radical (unpaired) electrons. The highest BCUT2D eigenvalue weighted by Gasteiger charge is 2.15. The summed E-state index contributed by atoms with van der Waals surface area (Å²) in [5.74, 6) is -0.335. The van der Waals surface area contributed by atoms with Crippen molar-refractivity contribution in [2.45, 2.75) is 13.0 Å². The zero-order chi connectivity index (χ0) is 19.9. The molecule has 0 spiro atoms. The van der Waals surface area contributed by atoms with Crippen LogP contribution in [0.25, 0.3) is 16.8 Å². The Hall–Kier alpha value is -3.31. The largest absolute Gasteiger partial charge is 0.481 e. The second kappa shape index (κ2) is 9.06. The Morgan fingerprint density at radius 2 is 1.68 bits per heavy atom. The van der Waals surface area contributed by atoms with E-state index in [0.29, 0.717) is 10.8 Å². The molecule has 0 fully saturated rings. The van der Waals surface area contributed by atoms with Crippen LogP contribution in [0.1, 0.15) is 12.5 Å². The number of hydrazine groups is 1. The van der Waals surface area contributed by atoms with Gasteiger partial charge >= 0.3 is 0 Å². The lowest BCUT2D eigenvalue weighted by Gasteiger charge is -2.15. The van der Waals surface area contributed by atoms with Crippen molar-refractivity contribution in [3.05, 3.63) is 83.4 Å². The zero-order valence-corrected chi connectivity index (χ0v) is 15.9. The van der Waals surface area contributed by atoms with Crippen molar-refractivity contribution in [1.29, 1.82) is 0 Å². The average Bonchev–Trinajstić information content (AvgIpc) is 2.71. The fraction of sp³-hybridized carbons (Fsp3) is 0.0909. The number of benzene rings is 3. The van der Waals surface area contributed by atoms with Crippen LogP contribution >= 0.6 is 11.6 Å². The normalized spacial score (nSPS) is 11.9. The second-order valence-electron chi connectivity index (χ2n) is 6.13. The van der Waals surface area contributed by atoms with Crippen LogP contribution in [0.15, 0.2) is 72.8 Å². The number of carbonyl (C=O) groups excluding carboxylic acids is 2. The topological polar surface area (TPSA) is 67.4 Å². The molecule has 3 aromatic carbocycles. The van der Waals surface area contributed by atoms with Crippen LogP contribution in [0.2, 0.25) is 5.02 Å². The van der Waals surface area contributed by atoms with Gasteiger partial charge in [-0.3, -0.25) is 20.4 Å². The van der Waals surface area contributed by atoms with Gasteiger partial charge in [0, 0.05) is 11.1 Å². The number of nitrogens with one attached hydrogen (secondary N) is 2. The Labute approximate surface area is 167 Å². The van der Waals surface area contributed by atoms with Gasteiger partial charge in [0.1, 0.15) is 5.75 Å². The number of hydrogen-bond acceptors (Lipinski definition) is 3. The third kappa shape index (κ3) is 5.34. The molecule has 6 heteroatoms. The minimum Gasteiger partial charge on any atom is -0.481 e. The highest BCUT2D eigenvalue weighted by Crippen LogP contribution is 2.21. The van der Waals surface area contributed by atoms with Crippen molar-refractivity contribution < 1.29 is 14.3 Å². The number of fused-ring (bicyclic) bond motifs is 1. The average molecular weight is 395 g/mol. The zero-order valence-electron chi connectivity index (χ0n) is 15.2. The van der Waals surface area contributed by atoms with Crippen molar-refractivity contribution in [3.63, 3.8) is 0 Å². The summed E-state index contributed by atoms with van der Waals surface area (Å²) in [4.78, 5) is 24.0. The predicted molar refractivity (Wildman–Crippen MR) is 111 cm³/mol. The fourth-order valence-corrected chi connectivity index (χ4v) is 2.64. The minimum atomic E-state index is -0.776. The van der Waals surface area contributed by atoms with E-state index in [4.69, 9.17) is 16.3 Å². The Balaban J connectivity index is 1.50. The molecule has 1 atom stereocenters. The molecule has 3 rings (SSSR count). The summed E-state index contributed by atoms with van der Waals surface area (Å²) in [5, 5.41) is 2.73. The summed E-state index contributed by atoms with van der Waals surface area (Å²) in [6, 6.07) is 20.5. The molecule has 0 aliphatic carbocycles. The monoisotopic (exact) mass is 394 g/mol. The summed E-state index contributed by atoms with van der Waals surface area (Å²) in [7, 11) is 0. The molecule has 2 amide bonds. The lowest BCUT2D eigenvalue weighted by Crippen LogP contribution is -2.46. The summed E-state index contributed by atoms with van der Waals surface area (Å²) in [5.41, 5.74) is 5.50. The van der Waals surface area contributed by atoms with Gasteiger partial charge in [-0.05, 0) is 53.6 Å². The first kappa shape index (κ1) is 19.5. The van der Waals surface area contributed by atoms with Crippen molar-refractivity contribution in [2.75, 3.05) is 0 Å². The minimum absolute atomic E-state index is 0.457. The summed E-state index contributed by atoms with van der Waals surface area (Å²) < 4.78 is 5.66. The quantitative estimate of drug-likeness (QED) is 0.505. The van der Waals surface area contributed by atoms with Crippen LogP contribution in [-0.2, 0) is 9.59 Å². The highest BCUT2D eigenvalue weighted by molar-refractivity contribution is 6.30. The second-order valence-corrected chi connectivity index (χ2v) is 6.57. The molecule has 0 saturated carbocycles. The third-order valence-corrected chi connectivity index (χ3v) is 4.26. The summed E-state index contributed by atoms with van der Waals surface area (Å²) in [6.07, 6.45) is 2.16. The Bertz CT molecular complexity index is 1020. The molecular weight excluding hydrogens is 376 g/mol. The molecule has 0 aromatic heterocycles. The maximum atomic E-state index is 12.1. The standard InChI is InChI=1S/C22H19ClN2O3/c1-15(28-20-12-9-17-4-2-3-5-18(17)14-20)22(27)25-24-21(26)13-8-16-6-10-19(23)11-7-16/h2-15H,1H3,(H,24,26)(H,25,27)/b13-8+. The lowest BCUT2D eigenvalue weighted by atomic mass is 10.1. The van der Waals surface area contributed by atoms with Crippen LogP contribution in [0.4, 0.5) is 0 Å². The molecular formula is C22H19ClN2O3. The molecule has 0 bridgehead atoms. The Morgan fingerprint density at radius 3 is 2.43 bits per heavy atom. The molecule has 142 valence electrons. The molecule has 1 unspecified atom stereocenters. The van der Waals surface area contributed by atoms with Crippen LogP contribution < -0.4 is 15.6 Å². The molecule has 3 aromatic rings. The van der Waals surface area contributed by atoms with Gasteiger partial charge in [0.25, 0.3) is 11.8 Å². The predicted octanol–water partition coefficient (Wildman–Crippen LogP) is 4.12. The first-order valence-corrected chi connectivity index (χ1v) is 9.08. The molecule has 0 saturated heterocycles. The smallest absolute Gasteiger partial charge is 0.279 e. The van der Waals surface area contributed by atoms with E-state index in [1.54, 1.807) is 43.3 Å². The maximum absolute atomic E-state index is 12.1. The van der Waals surface area contributed by atoms with Crippen LogP contribution in [-0.4, -0.2) is 17.9 Å². The molecule has 28 heavy (non-hydrogen) atoms. The highest BCUT2D eigenvalue weighted by atomic mass is 35.5. The number of carbonyl (C=O) groups is 2. The van der Waals surface area contributed by atoms with Crippen LogP contribution in [0.3, 0.4) is 0 Å².